The number of likely N-dealkylation sites (N-methyl/N-ethyl adjacent to an activating group) is 1. The van der Waals surface area contributed by atoms with Crippen LogP contribution in [0, 0.1) is 0 Å². The summed E-state index contributed by atoms with van der Waals surface area (Å²) in [5, 5.41) is 12.0. The number of benzene rings is 1. The lowest BCUT2D eigenvalue weighted by Crippen LogP contribution is -2.34. The van der Waals surface area contributed by atoms with Crippen molar-refractivity contribution in [3.05, 3.63) is 35.4 Å². The molecule has 0 aliphatic rings. The summed E-state index contributed by atoms with van der Waals surface area (Å²) in [6, 6.07) is 4.52. The lowest BCUT2D eigenvalue weighted by molar-refractivity contribution is -0.139. The Morgan fingerprint density at radius 2 is 2.00 bits per heavy atom. The van der Waals surface area contributed by atoms with Crippen molar-refractivity contribution >= 4 is 5.97 Å². The highest BCUT2D eigenvalue weighted by Gasteiger charge is 2.20. The van der Waals surface area contributed by atoms with Gasteiger partial charge in [0.05, 0.1) is 0 Å². The van der Waals surface area contributed by atoms with Crippen molar-refractivity contribution in [2.24, 2.45) is 0 Å². The van der Waals surface area contributed by atoms with Gasteiger partial charge in [-0.3, -0.25) is 10.1 Å². The van der Waals surface area contributed by atoms with Crippen LogP contribution in [0.1, 0.15) is 23.6 Å². The molecule has 1 unspecified atom stereocenters. The molecule has 19 heavy (non-hydrogen) atoms. The van der Waals surface area contributed by atoms with Crippen LogP contribution in [0.4, 0.5) is 8.78 Å². The van der Waals surface area contributed by atoms with Crippen molar-refractivity contribution in [3.8, 4) is 0 Å². The molecule has 0 bridgehead atoms. The first-order chi connectivity index (χ1) is 8.91. The Hall–Kier alpha value is -1.53. The summed E-state index contributed by atoms with van der Waals surface area (Å²) < 4.78 is 25.2. The topological polar surface area (TPSA) is 52.6 Å². The Morgan fingerprint density at radius 1 is 1.37 bits per heavy atom. The van der Waals surface area contributed by atoms with E-state index in [1.165, 1.54) is 24.3 Å². The Bertz CT molecular complexity index is 425. The summed E-state index contributed by atoms with van der Waals surface area (Å²) in [6.45, 7) is 1.13. The van der Waals surface area contributed by atoms with Gasteiger partial charge in [0, 0.05) is 18.7 Å². The van der Waals surface area contributed by atoms with Crippen molar-refractivity contribution in [2.45, 2.75) is 12.5 Å². The van der Waals surface area contributed by atoms with Crippen molar-refractivity contribution in [3.63, 3.8) is 0 Å². The first-order valence-corrected chi connectivity index (χ1v) is 5.90. The van der Waals surface area contributed by atoms with Gasteiger partial charge < -0.3 is 10.0 Å². The van der Waals surface area contributed by atoms with Gasteiger partial charge >= 0.3 is 5.97 Å². The third-order valence-corrected chi connectivity index (χ3v) is 2.65. The summed E-state index contributed by atoms with van der Waals surface area (Å²) in [7, 11) is 3.74. The predicted octanol–water partition coefficient (Wildman–Crippen LogP) is 1.90. The fourth-order valence-electron chi connectivity index (χ4n) is 1.65. The Morgan fingerprint density at radius 3 is 2.53 bits per heavy atom. The number of hydrogen-bond acceptors (Lipinski definition) is 3. The fourth-order valence-corrected chi connectivity index (χ4v) is 1.65. The molecule has 0 heterocycles. The average molecular weight is 272 g/mol. The van der Waals surface area contributed by atoms with E-state index in [1.807, 2.05) is 19.0 Å². The van der Waals surface area contributed by atoms with Gasteiger partial charge in [-0.1, -0.05) is 18.2 Å². The van der Waals surface area contributed by atoms with E-state index in [0.717, 1.165) is 0 Å². The van der Waals surface area contributed by atoms with Crippen LogP contribution in [0.3, 0.4) is 0 Å². The van der Waals surface area contributed by atoms with Crippen LogP contribution in [-0.2, 0) is 4.79 Å². The highest BCUT2D eigenvalue weighted by molar-refractivity contribution is 5.75. The number of hydrogen-bond donors (Lipinski definition) is 2. The zero-order chi connectivity index (χ0) is 14.4. The van der Waals surface area contributed by atoms with E-state index in [0.29, 0.717) is 18.7 Å². The SMILES string of the molecule is CN(C)CCNC(C(=O)O)c1cccc(C(F)F)c1. The second-order valence-corrected chi connectivity index (χ2v) is 4.50. The summed E-state index contributed by atoms with van der Waals surface area (Å²) >= 11 is 0. The van der Waals surface area contributed by atoms with E-state index in [-0.39, 0.29) is 5.56 Å². The standard InChI is InChI=1S/C13H18F2N2O2/c1-17(2)7-6-16-11(13(18)19)9-4-3-5-10(8-9)12(14)15/h3-5,8,11-12,16H,6-7H2,1-2H3,(H,18,19). The van der Waals surface area contributed by atoms with Crippen molar-refractivity contribution in [1.82, 2.24) is 10.2 Å². The Kier molecular flexibility index (Phi) is 5.85. The molecule has 0 saturated carbocycles. The van der Waals surface area contributed by atoms with Crippen molar-refractivity contribution in [1.29, 1.82) is 0 Å². The van der Waals surface area contributed by atoms with Crippen LogP contribution < -0.4 is 5.32 Å². The van der Waals surface area contributed by atoms with Gasteiger partial charge in [-0.05, 0) is 25.7 Å². The molecule has 4 nitrogen and oxygen atoms in total. The molecule has 0 spiro atoms. The maximum atomic E-state index is 12.6. The molecule has 0 aromatic heterocycles. The summed E-state index contributed by atoms with van der Waals surface area (Å²) in [5.41, 5.74) is 0.169. The van der Waals surface area contributed by atoms with Crippen molar-refractivity contribution in [2.75, 3.05) is 27.2 Å². The van der Waals surface area contributed by atoms with E-state index in [2.05, 4.69) is 5.32 Å². The van der Waals surface area contributed by atoms with E-state index in [9.17, 15) is 13.6 Å². The van der Waals surface area contributed by atoms with Gasteiger partial charge in [-0.2, -0.15) is 0 Å². The predicted molar refractivity (Wildman–Crippen MR) is 68.3 cm³/mol. The number of carbonyl (C=O) groups is 1. The third kappa shape index (κ3) is 4.92. The number of halogens is 2. The average Bonchev–Trinajstić information content (AvgIpc) is 2.34. The normalized spacial score (nSPS) is 12.9. The molecule has 0 amide bonds. The van der Waals surface area contributed by atoms with Crippen LogP contribution in [0.25, 0.3) is 0 Å². The molecule has 6 heteroatoms. The zero-order valence-corrected chi connectivity index (χ0v) is 10.9. The lowest BCUT2D eigenvalue weighted by atomic mass is 10.0. The molecule has 0 aliphatic heterocycles. The second-order valence-electron chi connectivity index (χ2n) is 4.50. The molecule has 1 aromatic carbocycles. The molecular weight excluding hydrogens is 254 g/mol. The number of alkyl halides is 2. The van der Waals surface area contributed by atoms with Crippen molar-refractivity contribution < 1.29 is 18.7 Å². The molecule has 0 aliphatic carbocycles. The third-order valence-electron chi connectivity index (χ3n) is 2.65. The molecule has 0 radical (unpaired) electrons. The highest BCUT2D eigenvalue weighted by atomic mass is 19.3. The molecule has 2 N–H and O–H groups in total. The quantitative estimate of drug-likeness (QED) is 0.796. The monoisotopic (exact) mass is 272 g/mol. The number of nitrogens with zero attached hydrogens (tertiary/aromatic N) is 1. The number of nitrogens with one attached hydrogen (secondary N) is 1. The van der Waals surface area contributed by atoms with Crippen LogP contribution in [0.15, 0.2) is 24.3 Å². The van der Waals surface area contributed by atoms with Crippen LogP contribution in [-0.4, -0.2) is 43.2 Å². The largest absolute Gasteiger partial charge is 0.480 e. The highest BCUT2D eigenvalue weighted by Crippen LogP contribution is 2.22. The van der Waals surface area contributed by atoms with Crippen LogP contribution in [0.5, 0.6) is 0 Å². The number of rotatable bonds is 7. The van der Waals surface area contributed by atoms with Gasteiger partial charge in [-0.25, -0.2) is 8.78 Å². The zero-order valence-electron chi connectivity index (χ0n) is 10.9. The smallest absolute Gasteiger partial charge is 0.325 e. The molecule has 0 fully saturated rings. The van der Waals surface area contributed by atoms with Gasteiger partial charge in [0.25, 0.3) is 6.43 Å². The second kappa shape index (κ2) is 7.16. The summed E-state index contributed by atoms with van der Waals surface area (Å²) in [5.74, 6) is -1.08. The maximum absolute atomic E-state index is 12.6. The minimum atomic E-state index is -2.60. The Labute approximate surface area is 111 Å². The molecule has 106 valence electrons. The van der Waals surface area contributed by atoms with Gasteiger partial charge in [-0.15, -0.1) is 0 Å². The first-order valence-electron chi connectivity index (χ1n) is 5.90. The Balaban J connectivity index is 2.81. The number of carboxylic acid groups (broad SMARTS) is 1. The van der Waals surface area contributed by atoms with Crippen LogP contribution >= 0.6 is 0 Å². The fraction of sp³-hybridized carbons (Fsp3) is 0.462. The summed E-state index contributed by atoms with van der Waals surface area (Å²) in [6.07, 6.45) is -2.60. The molecule has 1 aromatic rings. The van der Waals surface area contributed by atoms with E-state index < -0.39 is 18.4 Å². The van der Waals surface area contributed by atoms with E-state index >= 15 is 0 Å². The van der Waals surface area contributed by atoms with E-state index in [4.69, 9.17) is 5.11 Å². The molecule has 1 rings (SSSR count). The van der Waals surface area contributed by atoms with Gasteiger partial charge in [0.2, 0.25) is 0 Å². The van der Waals surface area contributed by atoms with Gasteiger partial charge in [0.1, 0.15) is 6.04 Å². The lowest BCUT2D eigenvalue weighted by Gasteiger charge is -2.17. The molecule has 0 saturated heterocycles. The summed E-state index contributed by atoms with van der Waals surface area (Å²) in [4.78, 5) is 13.1. The first kappa shape index (κ1) is 15.5. The minimum absolute atomic E-state index is 0.168. The molecular formula is C13H18F2N2O2. The minimum Gasteiger partial charge on any atom is -0.480 e. The number of aliphatic carboxylic acids is 1. The van der Waals surface area contributed by atoms with Crippen LogP contribution in [0.2, 0.25) is 0 Å². The van der Waals surface area contributed by atoms with E-state index in [1.54, 1.807) is 0 Å². The maximum Gasteiger partial charge on any atom is 0.325 e. The number of carboxylic acids is 1. The van der Waals surface area contributed by atoms with Gasteiger partial charge in [0.15, 0.2) is 0 Å². The molecule has 1 atom stereocenters.